The first-order valence-electron chi connectivity index (χ1n) is 5.98. The molecular formula is C14H16IN3O. The summed E-state index contributed by atoms with van der Waals surface area (Å²) in [5, 5.41) is 7.23. The van der Waals surface area contributed by atoms with Gasteiger partial charge in [0.05, 0.1) is 17.1 Å². The van der Waals surface area contributed by atoms with Crippen molar-refractivity contribution in [2.24, 2.45) is 7.05 Å². The molecule has 0 unspecified atom stereocenters. The topological polar surface area (TPSA) is 46.9 Å². The van der Waals surface area contributed by atoms with Crippen LogP contribution in [0.4, 0.5) is 5.69 Å². The average Bonchev–Trinajstić information content (AvgIpc) is 2.59. The van der Waals surface area contributed by atoms with E-state index in [1.54, 1.807) is 4.68 Å². The van der Waals surface area contributed by atoms with Crippen molar-refractivity contribution in [3.63, 3.8) is 0 Å². The first kappa shape index (κ1) is 14.0. The molecule has 0 bridgehead atoms. The second kappa shape index (κ2) is 5.32. The van der Waals surface area contributed by atoms with Crippen LogP contribution in [0.5, 0.6) is 0 Å². The number of anilines is 1. The molecule has 5 heteroatoms. The number of benzene rings is 1. The molecule has 0 aliphatic heterocycles. The van der Waals surface area contributed by atoms with Gasteiger partial charge in [-0.15, -0.1) is 0 Å². The highest BCUT2D eigenvalue weighted by atomic mass is 127. The Morgan fingerprint density at radius 3 is 2.53 bits per heavy atom. The minimum Gasteiger partial charge on any atom is -0.319 e. The number of nitrogens with one attached hydrogen (secondary N) is 1. The van der Waals surface area contributed by atoms with E-state index in [0.29, 0.717) is 5.56 Å². The normalized spacial score (nSPS) is 10.6. The van der Waals surface area contributed by atoms with Crippen LogP contribution in [-0.4, -0.2) is 15.7 Å². The maximum Gasteiger partial charge on any atom is 0.255 e. The Balaban J connectivity index is 2.28. The molecule has 0 spiro atoms. The zero-order valence-corrected chi connectivity index (χ0v) is 13.6. The molecule has 4 nitrogen and oxygen atoms in total. The molecule has 0 aliphatic carbocycles. The number of hydrogen-bond acceptors (Lipinski definition) is 2. The maximum atomic E-state index is 12.2. The summed E-state index contributed by atoms with van der Waals surface area (Å²) >= 11 is 2.24. The van der Waals surface area contributed by atoms with E-state index in [9.17, 15) is 4.79 Å². The van der Waals surface area contributed by atoms with Crippen LogP contribution in [0, 0.1) is 24.3 Å². The fourth-order valence-corrected chi connectivity index (χ4v) is 2.39. The zero-order chi connectivity index (χ0) is 14.2. The molecule has 2 aromatic rings. The predicted octanol–water partition coefficient (Wildman–Crippen LogP) is 3.20. The largest absolute Gasteiger partial charge is 0.319 e. The van der Waals surface area contributed by atoms with Gasteiger partial charge in [-0.05, 0) is 61.1 Å². The van der Waals surface area contributed by atoms with Gasteiger partial charge in [-0.1, -0.05) is 6.07 Å². The fourth-order valence-electron chi connectivity index (χ4n) is 1.87. The summed E-state index contributed by atoms with van der Waals surface area (Å²) in [5.74, 6) is -0.0999. The molecule has 2 rings (SSSR count). The van der Waals surface area contributed by atoms with E-state index in [4.69, 9.17) is 0 Å². The van der Waals surface area contributed by atoms with Gasteiger partial charge in [-0.25, -0.2) is 0 Å². The Hall–Kier alpha value is -1.37. The highest BCUT2D eigenvalue weighted by molar-refractivity contribution is 14.1. The molecule has 100 valence electrons. The van der Waals surface area contributed by atoms with Crippen LogP contribution in [0.15, 0.2) is 18.2 Å². The summed E-state index contributed by atoms with van der Waals surface area (Å²) < 4.78 is 2.86. The van der Waals surface area contributed by atoms with Crippen LogP contribution < -0.4 is 5.32 Å². The lowest BCUT2D eigenvalue weighted by atomic mass is 10.1. The van der Waals surface area contributed by atoms with Crippen molar-refractivity contribution >= 4 is 34.2 Å². The van der Waals surface area contributed by atoms with Crippen molar-refractivity contribution < 1.29 is 4.79 Å². The smallest absolute Gasteiger partial charge is 0.255 e. The van der Waals surface area contributed by atoms with Gasteiger partial charge in [0.25, 0.3) is 5.91 Å². The minimum atomic E-state index is -0.0999. The standard InChI is InChI=1S/C14H16IN3O/c1-8-5-6-11(7-12(8)15)14(19)16-13-9(2)17-18(4)10(13)3/h5-7H,1-4H3,(H,16,19). The molecule has 0 saturated heterocycles. The molecule has 1 aromatic heterocycles. The van der Waals surface area contributed by atoms with Crippen LogP contribution in [0.1, 0.15) is 27.3 Å². The molecule has 1 aromatic carbocycles. The molecule has 0 aliphatic rings. The molecule has 1 N–H and O–H groups in total. The highest BCUT2D eigenvalue weighted by Crippen LogP contribution is 2.20. The van der Waals surface area contributed by atoms with Crippen LogP contribution in [-0.2, 0) is 7.05 Å². The third kappa shape index (κ3) is 2.80. The zero-order valence-electron chi connectivity index (χ0n) is 11.4. The second-order valence-electron chi connectivity index (χ2n) is 4.59. The third-order valence-corrected chi connectivity index (χ3v) is 4.34. The summed E-state index contributed by atoms with van der Waals surface area (Å²) in [6.07, 6.45) is 0. The molecule has 0 atom stereocenters. The lowest BCUT2D eigenvalue weighted by Gasteiger charge is -2.07. The first-order chi connectivity index (χ1) is 8.90. The van der Waals surface area contributed by atoms with Gasteiger partial charge >= 0.3 is 0 Å². The Bertz CT molecular complexity index is 646. The lowest BCUT2D eigenvalue weighted by Crippen LogP contribution is -2.13. The summed E-state index contributed by atoms with van der Waals surface area (Å²) in [6, 6.07) is 5.69. The number of aryl methyl sites for hydroxylation is 3. The van der Waals surface area contributed by atoms with E-state index >= 15 is 0 Å². The van der Waals surface area contributed by atoms with Crippen molar-refractivity contribution in [1.82, 2.24) is 9.78 Å². The third-order valence-electron chi connectivity index (χ3n) is 3.18. The van der Waals surface area contributed by atoms with E-state index in [1.807, 2.05) is 46.0 Å². The van der Waals surface area contributed by atoms with Crippen LogP contribution >= 0.6 is 22.6 Å². The summed E-state index contributed by atoms with van der Waals surface area (Å²) in [4.78, 5) is 12.2. The predicted molar refractivity (Wildman–Crippen MR) is 84.5 cm³/mol. The van der Waals surface area contributed by atoms with Crippen LogP contribution in [0.3, 0.4) is 0 Å². The van der Waals surface area contributed by atoms with Crippen molar-refractivity contribution in [1.29, 1.82) is 0 Å². The number of carbonyl (C=O) groups excluding carboxylic acids is 1. The van der Waals surface area contributed by atoms with Gasteiger partial charge < -0.3 is 5.32 Å². The molecule has 0 fully saturated rings. The summed E-state index contributed by atoms with van der Waals surface area (Å²) in [5.41, 5.74) is 4.41. The van der Waals surface area contributed by atoms with E-state index < -0.39 is 0 Å². The number of amides is 1. The number of carbonyl (C=O) groups is 1. The van der Waals surface area contributed by atoms with E-state index in [0.717, 1.165) is 20.6 Å². The van der Waals surface area contributed by atoms with Gasteiger partial charge in [0.15, 0.2) is 0 Å². The first-order valence-corrected chi connectivity index (χ1v) is 7.05. The van der Waals surface area contributed by atoms with Gasteiger partial charge in [-0.2, -0.15) is 5.10 Å². The highest BCUT2D eigenvalue weighted by Gasteiger charge is 2.14. The van der Waals surface area contributed by atoms with Crippen molar-refractivity contribution in [2.75, 3.05) is 5.32 Å². The summed E-state index contributed by atoms with van der Waals surface area (Å²) in [7, 11) is 1.87. The average molecular weight is 369 g/mol. The number of nitrogens with zero attached hydrogens (tertiary/aromatic N) is 2. The molecular weight excluding hydrogens is 353 g/mol. The minimum absolute atomic E-state index is 0.0999. The Morgan fingerprint density at radius 1 is 1.32 bits per heavy atom. The monoisotopic (exact) mass is 369 g/mol. The van der Waals surface area contributed by atoms with Crippen LogP contribution in [0.25, 0.3) is 0 Å². The van der Waals surface area contributed by atoms with E-state index in [-0.39, 0.29) is 5.91 Å². The maximum absolute atomic E-state index is 12.2. The summed E-state index contributed by atoms with van der Waals surface area (Å²) in [6.45, 7) is 5.86. The van der Waals surface area contributed by atoms with Crippen molar-refractivity contribution in [3.8, 4) is 0 Å². The molecule has 0 radical (unpaired) electrons. The molecule has 19 heavy (non-hydrogen) atoms. The van der Waals surface area contributed by atoms with Gasteiger partial charge in [-0.3, -0.25) is 9.48 Å². The van der Waals surface area contributed by atoms with E-state index in [1.165, 1.54) is 5.56 Å². The number of halogens is 1. The van der Waals surface area contributed by atoms with Crippen molar-refractivity contribution in [3.05, 3.63) is 44.3 Å². The fraction of sp³-hybridized carbons (Fsp3) is 0.286. The quantitative estimate of drug-likeness (QED) is 0.827. The van der Waals surface area contributed by atoms with Crippen LogP contribution in [0.2, 0.25) is 0 Å². The SMILES string of the molecule is Cc1ccc(C(=O)Nc2c(C)nn(C)c2C)cc1I. The number of aromatic nitrogens is 2. The lowest BCUT2D eigenvalue weighted by molar-refractivity contribution is 0.102. The van der Waals surface area contributed by atoms with Gasteiger partial charge in [0, 0.05) is 16.2 Å². The Labute approximate surface area is 126 Å². The number of hydrogen-bond donors (Lipinski definition) is 1. The van der Waals surface area contributed by atoms with Gasteiger partial charge in [0.1, 0.15) is 0 Å². The van der Waals surface area contributed by atoms with E-state index in [2.05, 4.69) is 33.0 Å². The number of rotatable bonds is 2. The molecule has 1 amide bonds. The Morgan fingerprint density at radius 2 is 2.00 bits per heavy atom. The second-order valence-corrected chi connectivity index (χ2v) is 5.75. The van der Waals surface area contributed by atoms with Crippen molar-refractivity contribution in [2.45, 2.75) is 20.8 Å². The molecule has 1 heterocycles. The van der Waals surface area contributed by atoms with Gasteiger partial charge in [0.2, 0.25) is 0 Å². The molecule has 0 saturated carbocycles. The Kier molecular flexibility index (Phi) is 3.93.